The van der Waals surface area contributed by atoms with Crippen molar-refractivity contribution in [3.05, 3.63) is 66.5 Å². The van der Waals surface area contributed by atoms with Gasteiger partial charge in [-0.05, 0) is 36.8 Å². The SMILES string of the molecule is CCOc1cc(F)ccc1-c1cc(NC(=O)Cc2ccncc2)ncn1. The third-order valence-electron chi connectivity index (χ3n) is 3.57. The zero-order chi connectivity index (χ0) is 18.4. The first kappa shape index (κ1) is 17.5. The van der Waals surface area contributed by atoms with Crippen LogP contribution in [0.4, 0.5) is 10.2 Å². The number of amides is 1. The van der Waals surface area contributed by atoms with Gasteiger partial charge < -0.3 is 10.1 Å². The van der Waals surface area contributed by atoms with Crippen molar-refractivity contribution in [1.29, 1.82) is 0 Å². The molecule has 1 aromatic carbocycles. The number of hydrogen-bond donors (Lipinski definition) is 1. The van der Waals surface area contributed by atoms with Crippen LogP contribution in [-0.2, 0) is 11.2 Å². The lowest BCUT2D eigenvalue weighted by Gasteiger charge is -2.11. The summed E-state index contributed by atoms with van der Waals surface area (Å²) in [6, 6.07) is 9.41. The molecule has 0 fully saturated rings. The number of rotatable bonds is 6. The van der Waals surface area contributed by atoms with Gasteiger partial charge in [-0.15, -0.1) is 0 Å². The molecule has 3 aromatic rings. The van der Waals surface area contributed by atoms with Crippen molar-refractivity contribution in [2.24, 2.45) is 0 Å². The van der Waals surface area contributed by atoms with Gasteiger partial charge in [-0.1, -0.05) is 0 Å². The molecule has 0 saturated heterocycles. The summed E-state index contributed by atoms with van der Waals surface area (Å²) >= 11 is 0. The van der Waals surface area contributed by atoms with E-state index in [0.717, 1.165) is 5.56 Å². The van der Waals surface area contributed by atoms with Gasteiger partial charge in [0, 0.05) is 30.1 Å². The van der Waals surface area contributed by atoms with Crippen LogP contribution in [0.2, 0.25) is 0 Å². The van der Waals surface area contributed by atoms with E-state index in [9.17, 15) is 9.18 Å². The second kappa shape index (κ2) is 8.15. The fourth-order valence-electron chi connectivity index (χ4n) is 2.43. The van der Waals surface area contributed by atoms with E-state index in [4.69, 9.17) is 4.74 Å². The zero-order valence-corrected chi connectivity index (χ0v) is 14.1. The first-order valence-electron chi connectivity index (χ1n) is 8.09. The second-order valence-electron chi connectivity index (χ2n) is 5.44. The van der Waals surface area contributed by atoms with E-state index in [-0.39, 0.29) is 12.3 Å². The lowest BCUT2D eigenvalue weighted by molar-refractivity contribution is -0.115. The van der Waals surface area contributed by atoms with Gasteiger partial charge >= 0.3 is 0 Å². The molecule has 26 heavy (non-hydrogen) atoms. The molecule has 132 valence electrons. The molecule has 0 unspecified atom stereocenters. The number of anilines is 1. The Morgan fingerprint density at radius 3 is 2.73 bits per heavy atom. The molecule has 0 bridgehead atoms. The van der Waals surface area contributed by atoms with Crippen molar-refractivity contribution in [2.45, 2.75) is 13.3 Å². The number of carbonyl (C=O) groups is 1. The molecule has 0 atom stereocenters. The predicted octanol–water partition coefficient (Wildman–Crippen LogP) is 3.26. The summed E-state index contributed by atoms with van der Waals surface area (Å²) in [5, 5.41) is 2.74. The molecule has 6 nitrogen and oxygen atoms in total. The number of carbonyl (C=O) groups excluding carboxylic acids is 1. The standard InChI is InChI=1S/C19H17FN4O2/c1-2-26-17-10-14(20)3-4-15(17)16-11-18(23-12-22-16)24-19(25)9-13-5-7-21-8-6-13/h3-8,10-12H,2,9H2,1H3,(H,22,23,24,25). The Morgan fingerprint density at radius 1 is 1.15 bits per heavy atom. The molecule has 3 rings (SSSR count). The number of benzene rings is 1. The molecule has 0 aliphatic heterocycles. The van der Waals surface area contributed by atoms with E-state index in [1.807, 2.05) is 6.92 Å². The Hall–Kier alpha value is -3.35. The Morgan fingerprint density at radius 2 is 1.96 bits per heavy atom. The van der Waals surface area contributed by atoms with E-state index in [2.05, 4.69) is 20.3 Å². The molecule has 2 aromatic heterocycles. The average molecular weight is 352 g/mol. The van der Waals surface area contributed by atoms with Gasteiger partial charge in [0.25, 0.3) is 0 Å². The Labute approximate surface area is 150 Å². The van der Waals surface area contributed by atoms with Gasteiger partial charge in [-0.25, -0.2) is 14.4 Å². The lowest BCUT2D eigenvalue weighted by Crippen LogP contribution is -2.15. The van der Waals surface area contributed by atoms with Crippen molar-refractivity contribution in [3.8, 4) is 17.0 Å². The topological polar surface area (TPSA) is 77.0 Å². The van der Waals surface area contributed by atoms with Gasteiger partial charge in [0.1, 0.15) is 23.7 Å². The first-order valence-corrected chi connectivity index (χ1v) is 8.09. The summed E-state index contributed by atoms with van der Waals surface area (Å²) < 4.78 is 18.9. The van der Waals surface area contributed by atoms with Crippen LogP contribution < -0.4 is 10.1 Å². The molecule has 0 aliphatic rings. The first-order chi connectivity index (χ1) is 12.7. The summed E-state index contributed by atoms with van der Waals surface area (Å²) in [6.45, 7) is 2.22. The summed E-state index contributed by atoms with van der Waals surface area (Å²) in [5.41, 5.74) is 2.01. The monoisotopic (exact) mass is 352 g/mol. The van der Waals surface area contributed by atoms with Crippen molar-refractivity contribution in [3.63, 3.8) is 0 Å². The normalized spacial score (nSPS) is 10.4. The molecular weight excluding hydrogens is 335 g/mol. The molecule has 0 aliphatic carbocycles. The molecule has 1 N–H and O–H groups in total. The van der Waals surface area contributed by atoms with Gasteiger partial charge in [-0.2, -0.15) is 0 Å². The highest BCUT2D eigenvalue weighted by molar-refractivity contribution is 5.91. The van der Waals surface area contributed by atoms with Crippen molar-refractivity contribution < 1.29 is 13.9 Å². The Bertz CT molecular complexity index is 903. The van der Waals surface area contributed by atoms with Crippen molar-refractivity contribution >= 4 is 11.7 Å². The highest BCUT2D eigenvalue weighted by Gasteiger charge is 2.11. The largest absolute Gasteiger partial charge is 0.493 e. The van der Waals surface area contributed by atoms with Crippen LogP contribution in [0.5, 0.6) is 5.75 Å². The smallest absolute Gasteiger partial charge is 0.229 e. The number of pyridine rings is 1. The van der Waals surface area contributed by atoms with Crippen LogP contribution in [0, 0.1) is 5.82 Å². The van der Waals surface area contributed by atoms with Gasteiger partial charge in [0.2, 0.25) is 5.91 Å². The third-order valence-corrected chi connectivity index (χ3v) is 3.57. The van der Waals surface area contributed by atoms with Gasteiger partial charge in [0.15, 0.2) is 0 Å². The van der Waals surface area contributed by atoms with E-state index < -0.39 is 5.82 Å². The van der Waals surface area contributed by atoms with Crippen LogP contribution in [0.1, 0.15) is 12.5 Å². The average Bonchev–Trinajstić information content (AvgIpc) is 2.63. The summed E-state index contributed by atoms with van der Waals surface area (Å²) in [4.78, 5) is 24.4. The van der Waals surface area contributed by atoms with Crippen LogP contribution in [0.3, 0.4) is 0 Å². The fraction of sp³-hybridized carbons (Fsp3) is 0.158. The summed E-state index contributed by atoms with van der Waals surface area (Å²) in [6.07, 6.45) is 4.82. The zero-order valence-electron chi connectivity index (χ0n) is 14.1. The molecule has 0 saturated carbocycles. The van der Waals surface area contributed by atoms with E-state index in [1.54, 1.807) is 36.7 Å². The number of hydrogen-bond acceptors (Lipinski definition) is 5. The maximum absolute atomic E-state index is 13.5. The number of halogens is 1. The molecule has 2 heterocycles. The van der Waals surface area contributed by atoms with E-state index in [1.165, 1.54) is 18.5 Å². The third kappa shape index (κ3) is 4.38. The van der Waals surface area contributed by atoms with Gasteiger partial charge in [0.05, 0.1) is 18.7 Å². The number of nitrogens with one attached hydrogen (secondary N) is 1. The van der Waals surface area contributed by atoms with Crippen LogP contribution in [-0.4, -0.2) is 27.5 Å². The highest BCUT2D eigenvalue weighted by Crippen LogP contribution is 2.30. The predicted molar refractivity (Wildman–Crippen MR) is 95.2 cm³/mol. The second-order valence-corrected chi connectivity index (χ2v) is 5.44. The molecule has 7 heteroatoms. The summed E-state index contributed by atoms with van der Waals surface area (Å²) in [5.74, 6) is 0.156. The lowest BCUT2D eigenvalue weighted by atomic mass is 10.1. The quantitative estimate of drug-likeness (QED) is 0.737. The van der Waals surface area contributed by atoms with Crippen LogP contribution in [0.15, 0.2) is 55.1 Å². The molecule has 0 spiro atoms. The molecular formula is C19H17FN4O2. The Balaban J connectivity index is 1.79. The molecule has 0 radical (unpaired) electrons. The van der Waals surface area contributed by atoms with Gasteiger partial charge in [-0.3, -0.25) is 9.78 Å². The van der Waals surface area contributed by atoms with Crippen LogP contribution >= 0.6 is 0 Å². The minimum absolute atomic E-state index is 0.204. The molecule has 1 amide bonds. The van der Waals surface area contributed by atoms with Crippen molar-refractivity contribution in [1.82, 2.24) is 15.0 Å². The number of aromatic nitrogens is 3. The maximum atomic E-state index is 13.5. The minimum atomic E-state index is -0.392. The van der Waals surface area contributed by atoms with Crippen molar-refractivity contribution in [2.75, 3.05) is 11.9 Å². The maximum Gasteiger partial charge on any atom is 0.229 e. The highest BCUT2D eigenvalue weighted by atomic mass is 19.1. The fourth-order valence-corrected chi connectivity index (χ4v) is 2.43. The number of ether oxygens (including phenoxy) is 1. The summed E-state index contributed by atoms with van der Waals surface area (Å²) in [7, 11) is 0. The van der Waals surface area contributed by atoms with E-state index in [0.29, 0.717) is 29.4 Å². The number of nitrogens with zero attached hydrogens (tertiary/aromatic N) is 3. The minimum Gasteiger partial charge on any atom is -0.493 e. The van der Waals surface area contributed by atoms with Crippen LogP contribution in [0.25, 0.3) is 11.3 Å². The van der Waals surface area contributed by atoms with E-state index >= 15 is 0 Å². The Kier molecular flexibility index (Phi) is 5.48.